The molecule has 1 atom stereocenters. The average molecular weight is 392 g/mol. The lowest BCUT2D eigenvalue weighted by Gasteiger charge is -2.33. The van der Waals surface area contributed by atoms with Crippen LogP contribution >= 0.6 is 0 Å². The molecular formula is C22H24N4O3. The Labute approximate surface area is 168 Å². The third kappa shape index (κ3) is 3.38. The molecule has 0 unspecified atom stereocenters. The molecule has 0 spiro atoms. The molecule has 1 saturated heterocycles. The number of carbonyl (C=O) groups excluding carboxylic acids is 2. The molecule has 3 N–H and O–H groups in total. The van der Waals surface area contributed by atoms with Gasteiger partial charge in [-0.1, -0.05) is 18.2 Å². The van der Waals surface area contributed by atoms with Crippen LogP contribution < -0.4 is 5.73 Å². The number of esters is 1. The van der Waals surface area contributed by atoms with Gasteiger partial charge in [0, 0.05) is 6.54 Å². The molecule has 0 radical (unpaired) electrons. The van der Waals surface area contributed by atoms with Gasteiger partial charge in [0.05, 0.1) is 29.3 Å². The quantitative estimate of drug-likeness (QED) is 0.650. The standard InChI is InChI=1S/C22H24N4O3/c1-22(21-24-17-6-3-5-16(19(23)27)18(17)25-21)11-4-12-26(22)13-14-7-9-15(10-8-14)20(28)29-2/h3,5-10H,4,11-13H2,1-2H3,(H2,23,27)(H,24,25)/t22-/m0/s1. The van der Waals surface area contributed by atoms with Crippen molar-refractivity contribution in [2.45, 2.75) is 31.8 Å². The highest BCUT2D eigenvalue weighted by Gasteiger charge is 2.40. The normalized spacial score (nSPS) is 19.5. The minimum absolute atomic E-state index is 0.283. The number of rotatable bonds is 5. The Bertz CT molecular complexity index is 1070. The van der Waals surface area contributed by atoms with Crippen LogP contribution in [-0.2, 0) is 16.8 Å². The molecule has 0 bridgehead atoms. The lowest BCUT2D eigenvalue weighted by molar-refractivity contribution is 0.0600. The number of methoxy groups -OCH3 is 1. The van der Waals surface area contributed by atoms with E-state index >= 15 is 0 Å². The van der Waals surface area contributed by atoms with Crippen molar-refractivity contribution >= 4 is 22.9 Å². The van der Waals surface area contributed by atoms with E-state index in [1.165, 1.54) is 7.11 Å². The summed E-state index contributed by atoms with van der Waals surface area (Å²) in [4.78, 5) is 33.9. The Morgan fingerprint density at radius 2 is 2.00 bits per heavy atom. The largest absolute Gasteiger partial charge is 0.465 e. The molecule has 0 aliphatic carbocycles. The lowest BCUT2D eigenvalue weighted by Crippen LogP contribution is -2.39. The molecule has 150 valence electrons. The summed E-state index contributed by atoms with van der Waals surface area (Å²) >= 11 is 0. The van der Waals surface area contributed by atoms with E-state index in [9.17, 15) is 9.59 Å². The molecule has 0 saturated carbocycles. The fourth-order valence-electron chi connectivity index (χ4n) is 4.11. The predicted octanol–water partition coefficient (Wildman–Crippen LogP) is 2.96. The first-order chi connectivity index (χ1) is 13.9. The number of nitrogens with two attached hydrogens (primary N) is 1. The second kappa shape index (κ2) is 7.33. The number of para-hydroxylation sites is 1. The number of ether oxygens (including phenoxy) is 1. The zero-order valence-electron chi connectivity index (χ0n) is 16.6. The van der Waals surface area contributed by atoms with Crippen molar-refractivity contribution in [3.8, 4) is 0 Å². The SMILES string of the molecule is COC(=O)c1ccc(CN2CCC[C@@]2(C)c2nc3c(C(N)=O)cccc3[nH]2)cc1. The number of amides is 1. The molecule has 1 fully saturated rings. The fourth-order valence-corrected chi connectivity index (χ4v) is 4.11. The van der Waals surface area contributed by atoms with E-state index in [1.54, 1.807) is 18.2 Å². The van der Waals surface area contributed by atoms with Gasteiger partial charge in [-0.2, -0.15) is 0 Å². The summed E-state index contributed by atoms with van der Waals surface area (Å²) in [5.41, 5.74) is 8.73. The van der Waals surface area contributed by atoms with Gasteiger partial charge in [-0.3, -0.25) is 9.69 Å². The number of nitrogens with zero attached hydrogens (tertiary/aromatic N) is 2. The number of aromatic nitrogens is 2. The molecule has 4 rings (SSSR count). The highest BCUT2D eigenvalue weighted by atomic mass is 16.5. The topological polar surface area (TPSA) is 101 Å². The fraction of sp³-hybridized carbons (Fsp3) is 0.318. The lowest BCUT2D eigenvalue weighted by atomic mass is 9.97. The first kappa shape index (κ1) is 19.1. The average Bonchev–Trinajstić information content (AvgIpc) is 3.32. The van der Waals surface area contributed by atoms with Crippen molar-refractivity contribution in [2.24, 2.45) is 5.73 Å². The highest BCUT2D eigenvalue weighted by Crippen LogP contribution is 2.39. The third-order valence-electron chi connectivity index (χ3n) is 5.83. The first-order valence-corrected chi connectivity index (χ1v) is 9.64. The van der Waals surface area contributed by atoms with Crippen LogP contribution in [0.3, 0.4) is 0 Å². The number of H-pyrrole nitrogens is 1. The van der Waals surface area contributed by atoms with Crippen LogP contribution in [0.1, 0.15) is 51.9 Å². The van der Waals surface area contributed by atoms with Crippen LogP contribution in [0.15, 0.2) is 42.5 Å². The molecule has 2 heterocycles. The first-order valence-electron chi connectivity index (χ1n) is 9.64. The van der Waals surface area contributed by atoms with Crippen LogP contribution in [-0.4, -0.2) is 40.4 Å². The van der Waals surface area contributed by atoms with Crippen molar-refractivity contribution in [1.82, 2.24) is 14.9 Å². The van der Waals surface area contributed by atoms with Crippen LogP contribution in [0, 0.1) is 0 Å². The maximum Gasteiger partial charge on any atom is 0.337 e. The number of fused-ring (bicyclic) bond motifs is 1. The number of imidazole rings is 1. The van der Waals surface area contributed by atoms with E-state index in [1.807, 2.05) is 24.3 Å². The van der Waals surface area contributed by atoms with Crippen molar-refractivity contribution in [3.05, 3.63) is 65.0 Å². The highest BCUT2D eigenvalue weighted by molar-refractivity contribution is 6.04. The predicted molar refractivity (Wildman–Crippen MR) is 109 cm³/mol. The zero-order valence-corrected chi connectivity index (χ0v) is 16.6. The summed E-state index contributed by atoms with van der Waals surface area (Å²) in [6.45, 7) is 3.84. The van der Waals surface area contributed by atoms with Crippen molar-refractivity contribution in [1.29, 1.82) is 0 Å². The molecule has 1 aliphatic rings. The van der Waals surface area contributed by atoms with Gasteiger partial charge < -0.3 is 15.5 Å². The molecular weight excluding hydrogens is 368 g/mol. The number of aromatic amines is 1. The number of hydrogen-bond acceptors (Lipinski definition) is 5. The number of hydrogen-bond donors (Lipinski definition) is 2. The Hall–Kier alpha value is -3.19. The van der Waals surface area contributed by atoms with Crippen LogP contribution in [0.5, 0.6) is 0 Å². The van der Waals surface area contributed by atoms with Gasteiger partial charge >= 0.3 is 5.97 Å². The Morgan fingerprint density at radius 3 is 2.69 bits per heavy atom. The molecule has 7 heteroatoms. The summed E-state index contributed by atoms with van der Waals surface area (Å²) in [7, 11) is 1.38. The van der Waals surface area contributed by atoms with E-state index in [0.29, 0.717) is 16.6 Å². The number of likely N-dealkylation sites (tertiary alicyclic amines) is 1. The van der Waals surface area contributed by atoms with Gasteiger partial charge in [0.2, 0.25) is 0 Å². The summed E-state index contributed by atoms with van der Waals surface area (Å²) in [5, 5.41) is 0. The minimum Gasteiger partial charge on any atom is -0.465 e. The van der Waals surface area contributed by atoms with Crippen LogP contribution in [0.2, 0.25) is 0 Å². The molecule has 1 aromatic heterocycles. The Balaban J connectivity index is 1.63. The minimum atomic E-state index is -0.479. The molecule has 1 aliphatic heterocycles. The molecule has 7 nitrogen and oxygen atoms in total. The van der Waals surface area contributed by atoms with E-state index in [2.05, 4.69) is 16.8 Å². The molecule has 29 heavy (non-hydrogen) atoms. The van der Waals surface area contributed by atoms with Crippen LogP contribution in [0.25, 0.3) is 11.0 Å². The van der Waals surface area contributed by atoms with E-state index in [-0.39, 0.29) is 11.5 Å². The van der Waals surface area contributed by atoms with Crippen molar-refractivity contribution in [2.75, 3.05) is 13.7 Å². The van der Waals surface area contributed by atoms with E-state index in [4.69, 9.17) is 15.5 Å². The summed E-state index contributed by atoms with van der Waals surface area (Å²) in [5.74, 6) is 0.0211. The number of carbonyl (C=O) groups is 2. The number of nitrogens with one attached hydrogen (secondary N) is 1. The van der Waals surface area contributed by atoms with Crippen molar-refractivity contribution in [3.63, 3.8) is 0 Å². The van der Waals surface area contributed by atoms with Crippen LogP contribution in [0.4, 0.5) is 0 Å². The molecule has 1 amide bonds. The number of benzene rings is 2. The smallest absolute Gasteiger partial charge is 0.337 e. The molecule has 3 aromatic rings. The number of primary amides is 1. The third-order valence-corrected chi connectivity index (χ3v) is 5.83. The van der Waals surface area contributed by atoms with Gasteiger partial charge in [-0.15, -0.1) is 0 Å². The summed E-state index contributed by atoms with van der Waals surface area (Å²) in [6.07, 6.45) is 2.01. The van der Waals surface area contributed by atoms with Gasteiger partial charge in [0.25, 0.3) is 5.91 Å². The van der Waals surface area contributed by atoms with Gasteiger partial charge in [-0.25, -0.2) is 9.78 Å². The Kier molecular flexibility index (Phi) is 4.84. The van der Waals surface area contributed by atoms with Gasteiger partial charge in [0.1, 0.15) is 11.3 Å². The second-order valence-electron chi connectivity index (χ2n) is 7.64. The maximum absolute atomic E-state index is 11.8. The monoisotopic (exact) mass is 392 g/mol. The van der Waals surface area contributed by atoms with Gasteiger partial charge in [0.15, 0.2) is 0 Å². The summed E-state index contributed by atoms with van der Waals surface area (Å²) < 4.78 is 4.76. The van der Waals surface area contributed by atoms with E-state index < -0.39 is 5.91 Å². The second-order valence-corrected chi connectivity index (χ2v) is 7.64. The van der Waals surface area contributed by atoms with Gasteiger partial charge in [-0.05, 0) is 56.1 Å². The Morgan fingerprint density at radius 1 is 1.24 bits per heavy atom. The van der Waals surface area contributed by atoms with Crippen molar-refractivity contribution < 1.29 is 14.3 Å². The molecule has 2 aromatic carbocycles. The maximum atomic E-state index is 11.8. The zero-order chi connectivity index (χ0) is 20.6. The van der Waals surface area contributed by atoms with E-state index in [0.717, 1.165) is 42.8 Å². The summed E-state index contributed by atoms with van der Waals surface area (Å²) in [6, 6.07) is 12.9.